The Kier molecular flexibility index (Phi) is 49.4. The van der Waals surface area contributed by atoms with E-state index in [1.807, 2.05) is 0 Å². The topological polar surface area (TPSA) is 78.9 Å². The minimum atomic E-state index is -0.774. The van der Waals surface area contributed by atoms with Gasteiger partial charge in [0.05, 0.1) is 0 Å². The van der Waals surface area contributed by atoms with E-state index in [0.29, 0.717) is 19.3 Å². The summed E-state index contributed by atoms with van der Waals surface area (Å²) >= 11 is 0. The van der Waals surface area contributed by atoms with Gasteiger partial charge < -0.3 is 14.2 Å². The first kappa shape index (κ1) is 60.6. The minimum Gasteiger partial charge on any atom is -0.462 e. The number of unbranched alkanes of at least 4 members (excludes halogenated alkanes) is 22. The zero-order valence-corrected chi connectivity index (χ0v) is 41.8. The number of esters is 3. The summed E-state index contributed by atoms with van der Waals surface area (Å²) in [5.41, 5.74) is 0. The van der Waals surface area contributed by atoms with E-state index in [0.717, 1.165) is 109 Å². The molecule has 366 valence electrons. The van der Waals surface area contributed by atoms with Crippen LogP contribution in [-0.4, -0.2) is 37.2 Å². The molecule has 0 aromatic heterocycles. The lowest BCUT2D eigenvalue weighted by Gasteiger charge is -2.18. The van der Waals surface area contributed by atoms with Gasteiger partial charge in [0.15, 0.2) is 6.10 Å². The summed E-state index contributed by atoms with van der Waals surface area (Å²) in [4.78, 5) is 37.7. The van der Waals surface area contributed by atoms with Crippen molar-refractivity contribution >= 4 is 17.9 Å². The molecule has 0 radical (unpaired) electrons. The van der Waals surface area contributed by atoms with Crippen LogP contribution in [0.1, 0.15) is 245 Å². The quantitative estimate of drug-likeness (QED) is 0.0262. The molecule has 0 aromatic carbocycles. The van der Waals surface area contributed by atoms with Gasteiger partial charge in [-0.25, -0.2) is 0 Å². The molecule has 0 amide bonds. The van der Waals surface area contributed by atoms with Crippen molar-refractivity contribution in [2.24, 2.45) is 0 Å². The van der Waals surface area contributed by atoms with Crippen LogP contribution in [0.5, 0.6) is 0 Å². The molecule has 64 heavy (non-hydrogen) atoms. The highest BCUT2D eigenvalue weighted by Crippen LogP contribution is 2.14. The summed E-state index contributed by atoms with van der Waals surface area (Å²) < 4.78 is 16.7. The molecule has 0 rings (SSSR count). The largest absolute Gasteiger partial charge is 0.462 e. The summed E-state index contributed by atoms with van der Waals surface area (Å²) in [6.07, 6.45) is 67.4. The van der Waals surface area contributed by atoms with Crippen LogP contribution >= 0.6 is 0 Å². The van der Waals surface area contributed by atoms with Crippen molar-refractivity contribution < 1.29 is 28.6 Å². The molecule has 0 aliphatic rings. The first-order valence-corrected chi connectivity index (χ1v) is 26.6. The second-order valence-corrected chi connectivity index (χ2v) is 17.4. The molecule has 6 heteroatoms. The average Bonchev–Trinajstić information content (AvgIpc) is 3.29. The third-order valence-corrected chi connectivity index (χ3v) is 11.2. The molecule has 1 unspecified atom stereocenters. The second-order valence-electron chi connectivity index (χ2n) is 17.4. The van der Waals surface area contributed by atoms with Gasteiger partial charge in [-0.1, -0.05) is 234 Å². The van der Waals surface area contributed by atoms with Crippen LogP contribution in [0, 0.1) is 0 Å². The van der Waals surface area contributed by atoms with Crippen molar-refractivity contribution in [3.63, 3.8) is 0 Å². The lowest BCUT2D eigenvalue weighted by molar-refractivity contribution is -0.167. The predicted molar refractivity (Wildman–Crippen MR) is 274 cm³/mol. The van der Waals surface area contributed by atoms with Crippen LogP contribution in [0.25, 0.3) is 0 Å². The molecular formula is C58H98O6. The van der Waals surface area contributed by atoms with E-state index < -0.39 is 6.10 Å². The minimum absolute atomic E-state index is 0.0777. The Morgan fingerprint density at radius 1 is 0.328 bits per heavy atom. The van der Waals surface area contributed by atoms with Crippen molar-refractivity contribution in [1.82, 2.24) is 0 Å². The van der Waals surface area contributed by atoms with Crippen LogP contribution in [0.3, 0.4) is 0 Å². The summed E-state index contributed by atoms with van der Waals surface area (Å²) in [5.74, 6) is -0.898. The number of allylic oxidation sites excluding steroid dienone is 14. The van der Waals surface area contributed by atoms with Gasteiger partial charge in [-0.15, -0.1) is 0 Å². The van der Waals surface area contributed by atoms with E-state index in [1.165, 1.54) is 96.3 Å². The average molecular weight is 891 g/mol. The first-order valence-electron chi connectivity index (χ1n) is 26.6. The lowest BCUT2D eigenvalue weighted by atomic mass is 10.1. The van der Waals surface area contributed by atoms with Crippen molar-refractivity contribution in [3.05, 3.63) is 85.1 Å². The molecular weight excluding hydrogens is 793 g/mol. The Balaban J connectivity index is 4.13. The Bertz CT molecular complexity index is 1250. The Labute approximate surface area is 395 Å². The number of hydrogen-bond acceptors (Lipinski definition) is 6. The molecule has 0 saturated heterocycles. The lowest BCUT2D eigenvalue weighted by Crippen LogP contribution is -2.30. The Hall–Kier alpha value is -3.41. The fourth-order valence-electron chi connectivity index (χ4n) is 7.19. The maximum Gasteiger partial charge on any atom is 0.306 e. The van der Waals surface area contributed by atoms with E-state index >= 15 is 0 Å². The van der Waals surface area contributed by atoms with Gasteiger partial charge in [0, 0.05) is 19.3 Å². The van der Waals surface area contributed by atoms with E-state index in [-0.39, 0.29) is 31.1 Å². The van der Waals surface area contributed by atoms with E-state index in [1.54, 1.807) is 0 Å². The summed E-state index contributed by atoms with van der Waals surface area (Å²) in [6.45, 7) is 6.45. The maximum absolute atomic E-state index is 12.7. The maximum atomic E-state index is 12.7. The fourth-order valence-corrected chi connectivity index (χ4v) is 7.19. The van der Waals surface area contributed by atoms with Crippen molar-refractivity contribution in [3.8, 4) is 0 Å². The van der Waals surface area contributed by atoms with E-state index in [4.69, 9.17) is 14.2 Å². The SMILES string of the molecule is CC/C=C\C/C=C\C/C=C\C/C=C\C/C=C\C/C=C\C/C=C\CCCCCCCCCC(=O)OCC(COC(=O)CCCCCCCCC)OC(=O)CCCCCCCCCCCC. The smallest absolute Gasteiger partial charge is 0.306 e. The summed E-state index contributed by atoms with van der Waals surface area (Å²) in [5, 5.41) is 0. The van der Waals surface area contributed by atoms with Crippen LogP contribution in [0.2, 0.25) is 0 Å². The number of hydrogen-bond donors (Lipinski definition) is 0. The van der Waals surface area contributed by atoms with Crippen molar-refractivity contribution in [2.75, 3.05) is 13.2 Å². The fraction of sp³-hybridized carbons (Fsp3) is 0.707. The highest BCUT2D eigenvalue weighted by Gasteiger charge is 2.19. The standard InChI is InChI=1S/C58H98O6/c1-4-7-10-13-16-18-20-21-22-23-24-25-26-27-28-29-30-31-32-33-34-35-36-37-38-40-42-45-48-51-57(60)63-54-55(53-62-56(59)50-47-44-41-15-12-9-6-3)64-58(61)52-49-46-43-39-19-17-14-11-8-5-2/h7,10,16,18,21-22,24-25,27-28,30-31,33-34,55H,4-6,8-9,11-15,17,19-20,23,26,29,32,35-54H2,1-3H3/b10-7-,18-16-,22-21-,25-24-,28-27-,31-30-,34-33-. The summed E-state index contributed by atoms with van der Waals surface area (Å²) in [7, 11) is 0. The van der Waals surface area contributed by atoms with Gasteiger partial charge >= 0.3 is 17.9 Å². The van der Waals surface area contributed by atoms with Gasteiger partial charge in [0.1, 0.15) is 13.2 Å². The highest BCUT2D eigenvalue weighted by molar-refractivity contribution is 5.71. The number of carbonyl (C=O) groups excluding carboxylic acids is 3. The molecule has 0 aliphatic heterocycles. The number of rotatable bonds is 47. The Morgan fingerprint density at radius 3 is 0.953 bits per heavy atom. The van der Waals surface area contributed by atoms with Crippen LogP contribution in [-0.2, 0) is 28.6 Å². The molecule has 0 saturated carbocycles. The van der Waals surface area contributed by atoms with Gasteiger partial charge in [-0.3, -0.25) is 14.4 Å². The first-order chi connectivity index (χ1) is 31.5. The molecule has 0 spiro atoms. The highest BCUT2D eigenvalue weighted by atomic mass is 16.6. The number of ether oxygens (including phenoxy) is 3. The van der Waals surface area contributed by atoms with Crippen LogP contribution in [0.15, 0.2) is 85.1 Å². The molecule has 6 nitrogen and oxygen atoms in total. The monoisotopic (exact) mass is 891 g/mol. The molecule has 0 aromatic rings. The molecule has 0 N–H and O–H groups in total. The van der Waals surface area contributed by atoms with Gasteiger partial charge in [0.25, 0.3) is 0 Å². The molecule has 0 fully saturated rings. The zero-order valence-electron chi connectivity index (χ0n) is 41.8. The second kappa shape index (κ2) is 52.2. The Morgan fingerprint density at radius 2 is 0.609 bits per heavy atom. The van der Waals surface area contributed by atoms with E-state index in [2.05, 4.69) is 106 Å². The van der Waals surface area contributed by atoms with Crippen molar-refractivity contribution in [1.29, 1.82) is 0 Å². The molecule has 0 heterocycles. The summed E-state index contributed by atoms with van der Waals surface area (Å²) in [6, 6.07) is 0. The van der Waals surface area contributed by atoms with Crippen molar-refractivity contribution in [2.45, 2.75) is 252 Å². The predicted octanol–water partition coefficient (Wildman–Crippen LogP) is 17.6. The van der Waals surface area contributed by atoms with Crippen LogP contribution in [0.4, 0.5) is 0 Å². The van der Waals surface area contributed by atoms with E-state index in [9.17, 15) is 14.4 Å². The third kappa shape index (κ3) is 49.6. The molecule has 1 atom stereocenters. The van der Waals surface area contributed by atoms with Gasteiger partial charge in [-0.05, 0) is 77.0 Å². The third-order valence-electron chi connectivity index (χ3n) is 11.2. The molecule has 0 aliphatic carbocycles. The number of carbonyl (C=O) groups is 3. The molecule has 0 bridgehead atoms. The normalized spacial score (nSPS) is 12.7. The zero-order chi connectivity index (χ0) is 46.5. The van der Waals surface area contributed by atoms with Gasteiger partial charge in [0.2, 0.25) is 0 Å². The van der Waals surface area contributed by atoms with Gasteiger partial charge in [-0.2, -0.15) is 0 Å². The van der Waals surface area contributed by atoms with Crippen LogP contribution < -0.4 is 0 Å².